The number of thiazole rings is 1. The number of carbonyl (C=O) groups excluding carboxylic acids is 1. The molecule has 2 aromatic heterocycles. The maximum atomic E-state index is 10.5. The smallest absolute Gasteiger partial charge is 0.398 e. The highest BCUT2D eigenvalue weighted by Gasteiger charge is 2.06. The highest BCUT2D eigenvalue weighted by molar-refractivity contribution is 7.16. The second-order valence-corrected chi connectivity index (χ2v) is 3.64. The summed E-state index contributed by atoms with van der Waals surface area (Å²) >= 11 is 1.24. The molecule has 0 aliphatic rings. The Balaban J connectivity index is 2.24. The van der Waals surface area contributed by atoms with Crippen molar-refractivity contribution in [3.8, 4) is 15.6 Å². The summed E-state index contributed by atoms with van der Waals surface area (Å²) < 4.78 is 4.69. The molecule has 0 fully saturated rings. The largest absolute Gasteiger partial charge is 0.410 e. The lowest BCUT2D eigenvalue weighted by atomic mass is 10.3. The molecule has 15 heavy (non-hydrogen) atoms. The van der Waals surface area contributed by atoms with Crippen molar-refractivity contribution in [1.29, 1.82) is 0 Å². The Morgan fingerprint density at radius 2 is 2.33 bits per heavy atom. The molecule has 0 bridgehead atoms. The quantitative estimate of drug-likeness (QED) is 0.836. The van der Waals surface area contributed by atoms with Crippen LogP contribution in [0.4, 0.5) is 4.79 Å². The SMILES string of the molecule is NC(=O)Oc1cnc(-c2cccnc2)s1. The van der Waals surface area contributed by atoms with Gasteiger partial charge in [0.25, 0.3) is 0 Å². The first-order chi connectivity index (χ1) is 7.25. The summed E-state index contributed by atoms with van der Waals surface area (Å²) in [4.78, 5) is 18.5. The summed E-state index contributed by atoms with van der Waals surface area (Å²) in [5.74, 6) is 0. The van der Waals surface area contributed by atoms with E-state index in [1.807, 2.05) is 12.1 Å². The van der Waals surface area contributed by atoms with Gasteiger partial charge < -0.3 is 10.5 Å². The molecule has 5 nitrogen and oxygen atoms in total. The molecular formula is C9H7N3O2S. The number of carbonyl (C=O) groups is 1. The minimum atomic E-state index is -0.837. The monoisotopic (exact) mass is 221 g/mol. The molecule has 0 spiro atoms. The Kier molecular flexibility index (Phi) is 2.59. The van der Waals surface area contributed by atoms with Gasteiger partial charge in [0.15, 0.2) is 0 Å². The van der Waals surface area contributed by atoms with E-state index in [2.05, 4.69) is 9.97 Å². The van der Waals surface area contributed by atoms with E-state index in [1.165, 1.54) is 17.5 Å². The Labute approximate surface area is 89.5 Å². The van der Waals surface area contributed by atoms with Crippen molar-refractivity contribution >= 4 is 17.4 Å². The van der Waals surface area contributed by atoms with Crippen LogP contribution >= 0.6 is 11.3 Å². The molecule has 0 unspecified atom stereocenters. The number of primary amides is 1. The minimum Gasteiger partial charge on any atom is -0.398 e. The van der Waals surface area contributed by atoms with Gasteiger partial charge in [-0.25, -0.2) is 9.78 Å². The fourth-order valence-electron chi connectivity index (χ4n) is 1.03. The van der Waals surface area contributed by atoms with Gasteiger partial charge >= 0.3 is 6.09 Å². The lowest BCUT2D eigenvalue weighted by molar-refractivity contribution is 0.212. The zero-order valence-corrected chi connectivity index (χ0v) is 8.40. The third-order valence-electron chi connectivity index (χ3n) is 1.59. The lowest BCUT2D eigenvalue weighted by Gasteiger charge is -1.93. The van der Waals surface area contributed by atoms with Crippen LogP contribution < -0.4 is 10.5 Å². The number of ether oxygens (including phenoxy) is 1. The van der Waals surface area contributed by atoms with Gasteiger partial charge in [0.1, 0.15) is 5.01 Å². The van der Waals surface area contributed by atoms with E-state index in [0.717, 1.165) is 10.6 Å². The van der Waals surface area contributed by atoms with Crippen molar-refractivity contribution in [2.24, 2.45) is 5.73 Å². The standard InChI is InChI=1S/C9H7N3O2S/c10-9(13)14-7-5-12-8(15-7)6-2-1-3-11-4-6/h1-5H,(H2,10,13). The van der Waals surface area contributed by atoms with Crippen molar-refractivity contribution in [2.75, 3.05) is 0 Å². The highest BCUT2D eigenvalue weighted by Crippen LogP contribution is 2.29. The Morgan fingerprint density at radius 1 is 1.47 bits per heavy atom. The van der Waals surface area contributed by atoms with Crippen LogP contribution in [0.2, 0.25) is 0 Å². The molecule has 0 atom stereocenters. The molecule has 76 valence electrons. The van der Waals surface area contributed by atoms with Crippen molar-refractivity contribution < 1.29 is 9.53 Å². The molecule has 0 aliphatic heterocycles. The molecule has 0 saturated carbocycles. The summed E-state index contributed by atoms with van der Waals surface area (Å²) in [5.41, 5.74) is 5.75. The zero-order valence-electron chi connectivity index (χ0n) is 7.58. The number of hydrogen-bond acceptors (Lipinski definition) is 5. The fourth-order valence-corrected chi connectivity index (χ4v) is 1.79. The van der Waals surface area contributed by atoms with E-state index in [-0.39, 0.29) is 0 Å². The van der Waals surface area contributed by atoms with Crippen LogP contribution in [0, 0.1) is 0 Å². The molecule has 0 aliphatic carbocycles. The average Bonchev–Trinajstić information content (AvgIpc) is 2.67. The van der Waals surface area contributed by atoms with Gasteiger partial charge in [0.2, 0.25) is 5.06 Å². The number of amides is 1. The van der Waals surface area contributed by atoms with Crippen LogP contribution in [-0.4, -0.2) is 16.1 Å². The van der Waals surface area contributed by atoms with Gasteiger partial charge in [-0.1, -0.05) is 11.3 Å². The Morgan fingerprint density at radius 3 is 3.00 bits per heavy atom. The van der Waals surface area contributed by atoms with Crippen molar-refractivity contribution in [1.82, 2.24) is 9.97 Å². The molecule has 2 rings (SSSR count). The van der Waals surface area contributed by atoms with Gasteiger partial charge in [-0.2, -0.15) is 0 Å². The zero-order chi connectivity index (χ0) is 10.7. The molecule has 6 heteroatoms. The summed E-state index contributed by atoms with van der Waals surface area (Å²) in [6, 6.07) is 3.69. The number of rotatable bonds is 2. The maximum absolute atomic E-state index is 10.5. The minimum absolute atomic E-state index is 0.376. The molecule has 2 aromatic rings. The van der Waals surface area contributed by atoms with Crippen LogP contribution in [0.3, 0.4) is 0 Å². The van der Waals surface area contributed by atoms with E-state index < -0.39 is 6.09 Å². The molecule has 0 radical (unpaired) electrons. The first-order valence-electron chi connectivity index (χ1n) is 4.09. The lowest BCUT2D eigenvalue weighted by Crippen LogP contribution is -2.15. The van der Waals surface area contributed by atoms with Crippen LogP contribution in [0.1, 0.15) is 0 Å². The molecule has 0 saturated heterocycles. The van der Waals surface area contributed by atoms with E-state index in [0.29, 0.717) is 5.06 Å². The van der Waals surface area contributed by atoms with E-state index in [9.17, 15) is 4.79 Å². The number of nitrogens with two attached hydrogens (primary N) is 1. The van der Waals surface area contributed by atoms with E-state index >= 15 is 0 Å². The van der Waals surface area contributed by atoms with Gasteiger partial charge in [-0.05, 0) is 12.1 Å². The van der Waals surface area contributed by atoms with Crippen LogP contribution in [-0.2, 0) is 0 Å². The molecule has 0 aromatic carbocycles. The maximum Gasteiger partial charge on any atom is 0.410 e. The summed E-state index contributed by atoms with van der Waals surface area (Å²) in [6.07, 6.45) is 3.99. The van der Waals surface area contributed by atoms with Crippen molar-refractivity contribution in [3.63, 3.8) is 0 Å². The predicted octanol–water partition coefficient (Wildman–Crippen LogP) is 1.66. The molecule has 2 heterocycles. The number of pyridine rings is 1. The second kappa shape index (κ2) is 4.05. The highest BCUT2D eigenvalue weighted by atomic mass is 32.1. The van der Waals surface area contributed by atoms with E-state index in [4.69, 9.17) is 10.5 Å². The average molecular weight is 221 g/mol. The predicted molar refractivity (Wildman–Crippen MR) is 55.6 cm³/mol. The number of aromatic nitrogens is 2. The van der Waals surface area contributed by atoms with E-state index in [1.54, 1.807) is 12.4 Å². The molecule has 1 amide bonds. The number of hydrogen-bond donors (Lipinski definition) is 1. The van der Waals surface area contributed by atoms with Gasteiger partial charge in [0.05, 0.1) is 6.20 Å². The summed E-state index contributed by atoms with van der Waals surface area (Å²) in [5, 5.41) is 1.11. The summed E-state index contributed by atoms with van der Waals surface area (Å²) in [7, 11) is 0. The second-order valence-electron chi connectivity index (χ2n) is 2.65. The summed E-state index contributed by atoms with van der Waals surface area (Å²) in [6.45, 7) is 0. The Bertz CT molecular complexity index is 469. The van der Waals surface area contributed by atoms with Gasteiger partial charge in [-0.3, -0.25) is 4.98 Å². The molecule has 2 N–H and O–H groups in total. The fraction of sp³-hybridized carbons (Fsp3) is 0. The topological polar surface area (TPSA) is 78.1 Å². The first kappa shape index (κ1) is 9.60. The number of nitrogens with zero attached hydrogens (tertiary/aromatic N) is 2. The third-order valence-corrected chi connectivity index (χ3v) is 2.52. The first-order valence-corrected chi connectivity index (χ1v) is 4.91. The van der Waals surface area contributed by atoms with Crippen LogP contribution in [0.25, 0.3) is 10.6 Å². The van der Waals surface area contributed by atoms with Crippen LogP contribution in [0.15, 0.2) is 30.7 Å². The van der Waals surface area contributed by atoms with Crippen molar-refractivity contribution in [3.05, 3.63) is 30.7 Å². The third kappa shape index (κ3) is 2.29. The Hall–Kier alpha value is -1.95. The van der Waals surface area contributed by atoms with Gasteiger partial charge in [0, 0.05) is 18.0 Å². The normalized spacial score (nSPS) is 9.87. The van der Waals surface area contributed by atoms with Crippen molar-refractivity contribution in [2.45, 2.75) is 0 Å². The van der Waals surface area contributed by atoms with Crippen LogP contribution in [0.5, 0.6) is 5.06 Å². The molecular weight excluding hydrogens is 214 g/mol. The van der Waals surface area contributed by atoms with Gasteiger partial charge in [-0.15, -0.1) is 0 Å².